The topological polar surface area (TPSA) is 135 Å². The van der Waals surface area contributed by atoms with Gasteiger partial charge in [0.2, 0.25) is 0 Å². The van der Waals surface area contributed by atoms with Gasteiger partial charge < -0.3 is 25.5 Å². The van der Waals surface area contributed by atoms with Crippen LogP contribution in [0.5, 0.6) is 0 Å². The molecule has 0 aromatic heterocycles. The van der Waals surface area contributed by atoms with Crippen LogP contribution in [0.3, 0.4) is 0 Å². The Morgan fingerprint density at radius 1 is 0.600 bits per heavy atom. The first kappa shape index (κ1) is 18.8. The van der Waals surface area contributed by atoms with Crippen molar-refractivity contribution in [2.75, 3.05) is 0 Å². The molecule has 0 radical (unpaired) electrons. The van der Waals surface area contributed by atoms with Gasteiger partial charge in [0.15, 0.2) is 0 Å². The molecule has 0 heterocycles. The predicted molar refractivity (Wildman–Crippen MR) is 70.2 cm³/mol. The lowest BCUT2D eigenvalue weighted by molar-refractivity contribution is -0.138. The number of carboxylic acid groups (broad SMARTS) is 2. The van der Waals surface area contributed by atoms with Crippen LogP contribution >= 0.6 is 0 Å². The molecule has 2 atom stereocenters. The van der Waals surface area contributed by atoms with Crippen molar-refractivity contribution in [2.45, 2.75) is 69.7 Å². The maximum absolute atomic E-state index is 10.3. The quantitative estimate of drug-likeness (QED) is 0.350. The van der Waals surface area contributed by atoms with E-state index in [0.717, 1.165) is 0 Å². The molecule has 2 unspecified atom stereocenters. The number of rotatable bonds is 12. The van der Waals surface area contributed by atoms with Gasteiger partial charge in [-0.3, -0.25) is 9.59 Å². The highest BCUT2D eigenvalue weighted by Gasteiger charge is 2.13. The monoisotopic (exact) mass is 292 g/mol. The van der Waals surface area contributed by atoms with E-state index in [0.29, 0.717) is 25.7 Å². The van der Waals surface area contributed by atoms with E-state index in [1.807, 2.05) is 0 Å². The Hall–Kier alpha value is -1.18. The Kier molecular flexibility index (Phi) is 9.96. The molecule has 118 valence electrons. The average Bonchev–Trinajstić information content (AvgIpc) is 2.37. The minimum absolute atomic E-state index is 0.106. The van der Waals surface area contributed by atoms with Gasteiger partial charge in [-0.15, -0.1) is 0 Å². The molecule has 0 aliphatic carbocycles. The van der Waals surface area contributed by atoms with Crippen LogP contribution in [-0.2, 0) is 9.59 Å². The van der Waals surface area contributed by atoms with Crippen molar-refractivity contribution < 1.29 is 35.1 Å². The molecule has 5 N–H and O–H groups in total. The Labute approximate surface area is 117 Å². The summed E-state index contributed by atoms with van der Waals surface area (Å²) >= 11 is 0. The van der Waals surface area contributed by atoms with E-state index in [1.165, 1.54) is 0 Å². The molecule has 0 aliphatic heterocycles. The highest BCUT2D eigenvalue weighted by molar-refractivity contribution is 5.66. The lowest BCUT2D eigenvalue weighted by Gasteiger charge is -2.15. The first-order chi connectivity index (χ1) is 9.31. The number of carboxylic acids is 2. The van der Waals surface area contributed by atoms with Crippen molar-refractivity contribution in [1.29, 1.82) is 0 Å². The molecule has 0 aromatic rings. The molecule has 0 aromatic carbocycles. The molecule has 0 rings (SSSR count). The van der Waals surface area contributed by atoms with E-state index in [2.05, 4.69) is 0 Å². The third-order valence-electron chi connectivity index (χ3n) is 3.05. The van der Waals surface area contributed by atoms with Crippen LogP contribution < -0.4 is 0 Å². The second-order valence-corrected chi connectivity index (χ2v) is 4.98. The summed E-state index contributed by atoms with van der Waals surface area (Å²) in [6.07, 6.45) is -0.828. The fourth-order valence-corrected chi connectivity index (χ4v) is 1.78. The summed E-state index contributed by atoms with van der Waals surface area (Å²) in [7, 11) is 0. The maximum Gasteiger partial charge on any atom is 0.303 e. The third kappa shape index (κ3) is 11.9. The minimum Gasteiger partial charge on any atom is -0.481 e. The summed E-state index contributed by atoms with van der Waals surface area (Å²) in [5, 5.41) is 45.5. The van der Waals surface area contributed by atoms with Crippen LogP contribution in [-0.4, -0.2) is 55.8 Å². The van der Waals surface area contributed by atoms with Crippen molar-refractivity contribution in [2.24, 2.45) is 0 Å². The van der Waals surface area contributed by atoms with Crippen molar-refractivity contribution in [3.8, 4) is 0 Å². The molecular formula is C13H24O7. The summed E-state index contributed by atoms with van der Waals surface area (Å²) in [5.74, 6) is -1.93. The predicted octanol–water partition coefficient (Wildman–Crippen LogP) is 0.359. The van der Waals surface area contributed by atoms with Gasteiger partial charge in [-0.25, -0.2) is 0 Å². The van der Waals surface area contributed by atoms with Gasteiger partial charge in [0, 0.05) is 12.8 Å². The first-order valence-electron chi connectivity index (χ1n) is 6.79. The van der Waals surface area contributed by atoms with Gasteiger partial charge in [0.1, 0.15) is 0 Å². The van der Waals surface area contributed by atoms with Crippen LogP contribution in [0.2, 0.25) is 0 Å². The van der Waals surface area contributed by atoms with E-state index in [-0.39, 0.29) is 25.7 Å². The van der Waals surface area contributed by atoms with Gasteiger partial charge >= 0.3 is 11.9 Å². The van der Waals surface area contributed by atoms with Gasteiger partial charge in [0.05, 0.1) is 18.3 Å². The Morgan fingerprint density at radius 3 is 1.10 bits per heavy atom. The molecule has 7 heteroatoms. The fourth-order valence-electron chi connectivity index (χ4n) is 1.78. The van der Waals surface area contributed by atoms with Crippen molar-refractivity contribution in [3.05, 3.63) is 0 Å². The molecule has 7 nitrogen and oxygen atoms in total. The largest absolute Gasteiger partial charge is 0.481 e. The Morgan fingerprint density at radius 2 is 0.850 bits per heavy atom. The molecule has 0 saturated carbocycles. The molecule has 0 spiro atoms. The number of aliphatic hydroxyl groups excluding tert-OH is 3. The van der Waals surface area contributed by atoms with E-state index >= 15 is 0 Å². The zero-order valence-corrected chi connectivity index (χ0v) is 11.4. The summed E-state index contributed by atoms with van der Waals surface area (Å²) < 4.78 is 0. The normalized spacial score (nSPS) is 15.6. The van der Waals surface area contributed by atoms with E-state index in [9.17, 15) is 24.9 Å². The highest BCUT2D eigenvalue weighted by Crippen LogP contribution is 2.13. The van der Waals surface area contributed by atoms with Gasteiger partial charge in [-0.2, -0.15) is 0 Å². The van der Waals surface area contributed by atoms with E-state index in [1.54, 1.807) is 0 Å². The highest BCUT2D eigenvalue weighted by atomic mass is 16.4. The third-order valence-corrected chi connectivity index (χ3v) is 3.05. The van der Waals surface area contributed by atoms with Gasteiger partial charge in [-0.05, 0) is 38.5 Å². The van der Waals surface area contributed by atoms with Crippen LogP contribution in [0.4, 0.5) is 0 Å². The zero-order valence-electron chi connectivity index (χ0n) is 11.4. The Bertz CT molecular complexity index is 264. The van der Waals surface area contributed by atoms with E-state index in [4.69, 9.17) is 10.2 Å². The van der Waals surface area contributed by atoms with Crippen molar-refractivity contribution >= 4 is 11.9 Å². The maximum atomic E-state index is 10.3. The minimum atomic E-state index is -0.967. The standard InChI is InChI=1S/C13H24O7/c14-9(1-3-10(15)5-7-12(17)18)2-4-11(16)6-8-13(19)20/h9-11,14-16H,1-8H2,(H,17,18)(H,19,20). The number of aliphatic hydroxyl groups is 3. The first-order valence-corrected chi connectivity index (χ1v) is 6.79. The number of carbonyl (C=O) groups is 2. The smallest absolute Gasteiger partial charge is 0.303 e. The molecule has 0 saturated heterocycles. The lowest BCUT2D eigenvalue weighted by atomic mass is 10.0. The van der Waals surface area contributed by atoms with Crippen LogP contribution in [0.15, 0.2) is 0 Å². The fraction of sp³-hybridized carbons (Fsp3) is 0.846. The van der Waals surface area contributed by atoms with Gasteiger partial charge in [0.25, 0.3) is 0 Å². The lowest BCUT2D eigenvalue weighted by Crippen LogP contribution is -2.17. The average molecular weight is 292 g/mol. The SMILES string of the molecule is O=C(O)CCC(O)CCC(O)CCC(O)CCC(=O)O. The summed E-state index contributed by atoms with van der Waals surface area (Å²) in [6.45, 7) is 0. The molecule has 0 amide bonds. The molecular weight excluding hydrogens is 268 g/mol. The summed E-state index contributed by atoms with van der Waals surface area (Å²) in [5.41, 5.74) is 0. The zero-order chi connectivity index (χ0) is 15.5. The summed E-state index contributed by atoms with van der Waals surface area (Å²) in [6, 6.07) is 0. The Balaban J connectivity index is 3.64. The van der Waals surface area contributed by atoms with Crippen LogP contribution in [0.25, 0.3) is 0 Å². The number of hydrogen-bond donors (Lipinski definition) is 5. The van der Waals surface area contributed by atoms with Crippen molar-refractivity contribution in [1.82, 2.24) is 0 Å². The molecule has 0 fully saturated rings. The second kappa shape index (κ2) is 10.6. The molecule has 0 aliphatic rings. The molecule has 20 heavy (non-hydrogen) atoms. The number of aliphatic carboxylic acids is 2. The summed E-state index contributed by atoms with van der Waals surface area (Å²) in [4.78, 5) is 20.6. The van der Waals surface area contributed by atoms with Gasteiger partial charge in [-0.1, -0.05) is 0 Å². The van der Waals surface area contributed by atoms with Crippen molar-refractivity contribution in [3.63, 3.8) is 0 Å². The molecule has 0 bridgehead atoms. The van der Waals surface area contributed by atoms with Crippen LogP contribution in [0.1, 0.15) is 51.4 Å². The second-order valence-electron chi connectivity index (χ2n) is 4.98. The van der Waals surface area contributed by atoms with E-state index < -0.39 is 30.3 Å². The number of hydrogen-bond acceptors (Lipinski definition) is 5. The van der Waals surface area contributed by atoms with Crippen LogP contribution in [0, 0.1) is 0 Å².